The molecule has 0 aliphatic heterocycles. The first-order valence-electron chi connectivity index (χ1n) is 4.73. The van der Waals surface area contributed by atoms with Gasteiger partial charge >= 0.3 is 0 Å². The van der Waals surface area contributed by atoms with Crippen molar-refractivity contribution in [3.63, 3.8) is 0 Å². The maximum Gasteiger partial charge on any atom is 0.119 e. The molecule has 0 aromatic heterocycles. The third-order valence-electron chi connectivity index (χ3n) is 2.37. The van der Waals surface area contributed by atoms with Crippen molar-refractivity contribution in [2.24, 2.45) is 5.11 Å². The number of hydrogen-bond acceptors (Lipinski definition) is 3. The molecule has 15 heavy (non-hydrogen) atoms. The average molecular weight is 200 g/mol. The van der Waals surface area contributed by atoms with Gasteiger partial charge in [-0.25, -0.2) is 5.53 Å². The van der Waals surface area contributed by atoms with E-state index in [0.29, 0.717) is 6.54 Å². The van der Waals surface area contributed by atoms with Gasteiger partial charge in [0.05, 0.1) is 13.7 Å². The molecule has 0 spiro atoms. The van der Waals surface area contributed by atoms with Crippen LogP contribution in [-0.4, -0.2) is 7.11 Å². The lowest BCUT2D eigenvalue weighted by Gasteiger charge is -2.03. The maximum absolute atomic E-state index is 6.82. The molecular formula is C12H12N2O. The van der Waals surface area contributed by atoms with Crippen molar-refractivity contribution in [2.75, 3.05) is 7.11 Å². The van der Waals surface area contributed by atoms with Gasteiger partial charge in [0.15, 0.2) is 0 Å². The zero-order chi connectivity index (χ0) is 10.7. The number of fused-ring (bicyclic) bond motifs is 1. The van der Waals surface area contributed by atoms with E-state index in [9.17, 15) is 0 Å². The van der Waals surface area contributed by atoms with Gasteiger partial charge in [-0.1, -0.05) is 18.2 Å². The van der Waals surface area contributed by atoms with Crippen molar-refractivity contribution in [1.29, 1.82) is 5.53 Å². The van der Waals surface area contributed by atoms with Crippen LogP contribution in [-0.2, 0) is 6.54 Å². The number of rotatable bonds is 3. The van der Waals surface area contributed by atoms with Crippen LogP contribution in [0.25, 0.3) is 10.8 Å². The third-order valence-corrected chi connectivity index (χ3v) is 2.37. The van der Waals surface area contributed by atoms with E-state index in [-0.39, 0.29) is 0 Å². The van der Waals surface area contributed by atoms with E-state index in [1.54, 1.807) is 7.11 Å². The molecule has 2 rings (SSSR count). The molecule has 0 fully saturated rings. The molecule has 2 aromatic rings. The minimum atomic E-state index is 0.446. The number of methoxy groups -OCH3 is 1. The van der Waals surface area contributed by atoms with E-state index in [4.69, 9.17) is 10.3 Å². The average Bonchev–Trinajstić information content (AvgIpc) is 2.29. The summed E-state index contributed by atoms with van der Waals surface area (Å²) in [5.41, 5.74) is 7.88. The van der Waals surface area contributed by atoms with Gasteiger partial charge in [-0.2, -0.15) is 5.11 Å². The van der Waals surface area contributed by atoms with Crippen molar-refractivity contribution in [2.45, 2.75) is 6.54 Å². The molecule has 3 heteroatoms. The summed E-state index contributed by atoms with van der Waals surface area (Å²) in [4.78, 5) is 0. The van der Waals surface area contributed by atoms with Gasteiger partial charge in [-0.05, 0) is 34.5 Å². The lowest BCUT2D eigenvalue weighted by molar-refractivity contribution is 0.415. The van der Waals surface area contributed by atoms with Gasteiger partial charge in [-0.15, -0.1) is 0 Å². The Bertz CT molecular complexity index is 494. The van der Waals surface area contributed by atoms with Gasteiger partial charge in [0, 0.05) is 0 Å². The second kappa shape index (κ2) is 4.09. The van der Waals surface area contributed by atoms with Gasteiger partial charge in [0.1, 0.15) is 5.75 Å². The number of ether oxygens (including phenoxy) is 1. The highest BCUT2D eigenvalue weighted by atomic mass is 16.5. The molecule has 0 saturated heterocycles. The highest BCUT2D eigenvalue weighted by Crippen LogP contribution is 2.21. The summed E-state index contributed by atoms with van der Waals surface area (Å²) >= 11 is 0. The Labute approximate surface area is 88.2 Å². The largest absolute Gasteiger partial charge is 0.497 e. The van der Waals surface area contributed by atoms with Crippen LogP contribution >= 0.6 is 0 Å². The standard InChI is InChI=1S/C12H12N2O/c1-15-12-5-4-10-6-9(8-14-13)2-3-11(10)7-12/h2-7,13H,8H2,1H3. The molecule has 0 amide bonds. The molecule has 76 valence electrons. The van der Waals surface area contributed by atoms with Crippen LogP contribution in [0.15, 0.2) is 41.5 Å². The molecule has 0 heterocycles. The van der Waals surface area contributed by atoms with Crippen LogP contribution in [0.3, 0.4) is 0 Å². The predicted octanol–water partition coefficient (Wildman–Crippen LogP) is 3.38. The second-order valence-corrected chi connectivity index (χ2v) is 3.36. The summed E-state index contributed by atoms with van der Waals surface area (Å²) in [5, 5.41) is 5.66. The van der Waals surface area contributed by atoms with Crippen molar-refractivity contribution in [3.05, 3.63) is 42.0 Å². The van der Waals surface area contributed by atoms with Crippen LogP contribution in [0.4, 0.5) is 0 Å². The summed E-state index contributed by atoms with van der Waals surface area (Å²) in [6.45, 7) is 0.446. The Balaban J connectivity index is 2.49. The fourth-order valence-corrected chi connectivity index (χ4v) is 1.59. The zero-order valence-electron chi connectivity index (χ0n) is 8.53. The highest BCUT2D eigenvalue weighted by Gasteiger charge is 1.98. The van der Waals surface area contributed by atoms with E-state index in [1.165, 1.54) is 0 Å². The van der Waals surface area contributed by atoms with Crippen molar-refractivity contribution in [3.8, 4) is 5.75 Å². The third kappa shape index (κ3) is 1.96. The minimum absolute atomic E-state index is 0.446. The van der Waals surface area contributed by atoms with E-state index < -0.39 is 0 Å². The lowest BCUT2D eigenvalue weighted by Crippen LogP contribution is -1.84. The molecule has 0 atom stereocenters. The number of benzene rings is 2. The summed E-state index contributed by atoms with van der Waals surface area (Å²) < 4.78 is 5.15. The topological polar surface area (TPSA) is 45.4 Å². The molecule has 0 bridgehead atoms. The Hall–Kier alpha value is -1.90. The van der Waals surface area contributed by atoms with Crippen LogP contribution < -0.4 is 4.74 Å². The monoisotopic (exact) mass is 200 g/mol. The molecule has 1 N–H and O–H groups in total. The van der Waals surface area contributed by atoms with E-state index in [2.05, 4.69) is 5.11 Å². The van der Waals surface area contributed by atoms with Crippen LogP contribution in [0, 0.1) is 5.53 Å². The Kier molecular flexibility index (Phi) is 2.63. The molecule has 0 unspecified atom stereocenters. The molecule has 2 aromatic carbocycles. The Morgan fingerprint density at radius 2 is 1.87 bits per heavy atom. The SMILES string of the molecule is COc1ccc2cc(CN=N)ccc2c1. The van der Waals surface area contributed by atoms with E-state index >= 15 is 0 Å². The maximum atomic E-state index is 6.82. The zero-order valence-corrected chi connectivity index (χ0v) is 8.53. The van der Waals surface area contributed by atoms with Crippen molar-refractivity contribution in [1.82, 2.24) is 0 Å². The van der Waals surface area contributed by atoms with E-state index in [1.807, 2.05) is 36.4 Å². The number of hydrogen-bond donors (Lipinski definition) is 1. The van der Waals surface area contributed by atoms with Gasteiger partial charge in [-0.3, -0.25) is 0 Å². The summed E-state index contributed by atoms with van der Waals surface area (Å²) in [6.07, 6.45) is 0. The fraction of sp³-hybridized carbons (Fsp3) is 0.167. The first kappa shape index (κ1) is 9.65. The molecule has 0 aliphatic carbocycles. The fourth-order valence-electron chi connectivity index (χ4n) is 1.59. The lowest BCUT2D eigenvalue weighted by atomic mass is 10.1. The molecular weight excluding hydrogens is 188 g/mol. The molecule has 3 nitrogen and oxygen atoms in total. The first-order valence-corrected chi connectivity index (χ1v) is 4.73. The summed E-state index contributed by atoms with van der Waals surface area (Å²) in [5.74, 6) is 0.862. The van der Waals surface area contributed by atoms with Crippen molar-refractivity contribution < 1.29 is 4.74 Å². The number of nitrogens with zero attached hydrogens (tertiary/aromatic N) is 1. The summed E-state index contributed by atoms with van der Waals surface area (Å²) in [6, 6.07) is 12.0. The number of nitrogens with one attached hydrogen (secondary N) is 1. The second-order valence-electron chi connectivity index (χ2n) is 3.36. The minimum Gasteiger partial charge on any atom is -0.497 e. The molecule has 0 radical (unpaired) electrons. The Morgan fingerprint density at radius 1 is 1.13 bits per heavy atom. The van der Waals surface area contributed by atoms with Crippen LogP contribution in [0.2, 0.25) is 0 Å². The van der Waals surface area contributed by atoms with Gasteiger partial charge in [0.25, 0.3) is 0 Å². The van der Waals surface area contributed by atoms with Crippen molar-refractivity contribution >= 4 is 10.8 Å². The molecule has 0 saturated carbocycles. The highest BCUT2D eigenvalue weighted by molar-refractivity contribution is 5.84. The van der Waals surface area contributed by atoms with E-state index in [0.717, 1.165) is 22.1 Å². The smallest absolute Gasteiger partial charge is 0.119 e. The summed E-state index contributed by atoms with van der Waals surface area (Å²) in [7, 11) is 1.66. The predicted molar refractivity (Wildman–Crippen MR) is 59.4 cm³/mol. The first-order chi connectivity index (χ1) is 7.33. The normalized spacial score (nSPS) is 10.2. The van der Waals surface area contributed by atoms with Gasteiger partial charge in [0.2, 0.25) is 0 Å². The molecule has 0 aliphatic rings. The van der Waals surface area contributed by atoms with Crippen LogP contribution in [0.1, 0.15) is 5.56 Å². The quantitative estimate of drug-likeness (QED) is 0.758. The Morgan fingerprint density at radius 3 is 2.60 bits per heavy atom. The van der Waals surface area contributed by atoms with Crippen LogP contribution in [0.5, 0.6) is 5.75 Å². The van der Waals surface area contributed by atoms with Gasteiger partial charge < -0.3 is 4.74 Å².